The van der Waals surface area contributed by atoms with Gasteiger partial charge in [-0.1, -0.05) is 29.8 Å². The highest BCUT2D eigenvalue weighted by molar-refractivity contribution is 6.32. The van der Waals surface area contributed by atoms with Crippen molar-refractivity contribution in [3.8, 4) is 0 Å². The minimum Gasteiger partial charge on any atom is -0.392 e. The fourth-order valence-electron chi connectivity index (χ4n) is 3.23. The quantitative estimate of drug-likeness (QED) is 0.494. The number of halogens is 1. The molecule has 0 atom stereocenters. The van der Waals surface area contributed by atoms with Crippen LogP contribution in [0.3, 0.4) is 0 Å². The van der Waals surface area contributed by atoms with Crippen molar-refractivity contribution in [1.82, 2.24) is 15.3 Å². The van der Waals surface area contributed by atoms with E-state index >= 15 is 0 Å². The van der Waals surface area contributed by atoms with Crippen molar-refractivity contribution in [3.05, 3.63) is 65.3 Å². The minimum atomic E-state index is -0.0730. The van der Waals surface area contributed by atoms with Crippen molar-refractivity contribution in [3.63, 3.8) is 0 Å². The molecule has 150 valence electrons. The molecule has 0 bridgehead atoms. The summed E-state index contributed by atoms with van der Waals surface area (Å²) in [6, 6.07) is 15.7. The highest BCUT2D eigenvalue weighted by Crippen LogP contribution is 2.27. The van der Waals surface area contributed by atoms with Gasteiger partial charge in [0.05, 0.1) is 12.8 Å². The van der Waals surface area contributed by atoms with E-state index in [9.17, 15) is 5.11 Å². The molecule has 1 aliphatic rings. The number of aliphatic hydroxyl groups is 1. The maximum Gasteiger partial charge on any atom is 0.229 e. The van der Waals surface area contributed by atoms with Gasteiger partial charge in [0.25, 0.3) is 0 Å². The number of anilines is 5. The fourth-order valence-corrected chi connectivity index (χ4v) is 3.37. The van der Waals surface area contributed by atoms with Crippen LogP contribution in [0.25, 0.3) is 0 Å². The highest BCUT2D eigenvalue weighted by atomic mass is 35.5. The van der Waals surface area contributed by atoms with Crippen LogP contribution >= 0.6 is 11.6 Å². The Morgan fingerprint density at radius 1 is 1.03 bits per heavy atom. The van der Waals surface area contributed by atoms with Crippen LogP contribution in [0.15, 0.2) is 54.7 Å². The SMILES string of the molecule is OCc1ccccc1Nc1nc(Nc2ccc(N3CCNCC3)cc2)ncc1Cl. The van der Waals surface area contributed by atoms with Gasteiger partial charge in [0.15, 0.2) is 5.82 Å². The fraction of sp³-hybridized carbons (Fsp3) is 0.238. The second-order valence-electron chi connectivity index (χ2n) is 6.74. The molecule has 2 heterocycles. The van der Waals surface area contributed by atoms with Crippen molar-refractivity contribution < 1.29 is 5.11 Å². The van der Waals surface area contributed by atoms with E-state index in [1.165, 1.54) is 5.69 Å². The monoisotopic (exact) mass is 410 g/mol. The third-order valence-corrected chi connectivity index (χ3v) is 5.07. The lowest BCUT2D eigenvalue weighted by Gasteiger charge is -2.29. The van der Waals surface area contributed by atoms with Crippen LogP contribution in [-0.4, -0.2) is 41.3 Å². The average molecular weight is 411 g/mol. The average Bonchev–Trinajstić information content (AvgIpc) is 2.77. The van der Waals surface area contributed by atoms with Gasteiger partial charge in [-0.15, -0.1) is 0 Å². The Morgan fingerprint density at radius 2 is 1.79 bits per heavy atom. The number of benzene rings is 2. The van der Waals surface area contributed by atoms with E-state index in [1.807, 2.05) is 36.4 Å². The number of nitrogens with one attached hydrogen (secondary N) is 3. The van der Waals surface area contributed by atoms with E-state index in [0.29, 0.717) is 16.8 Å². The first-order chi connectivity index (χ1) is 14.2. The lowest BCUT2D eigenvalue weighted by atomic mass is 10.2. The van der Waals surface area contributed by atoms with E-state index in [0.717, 1.165) is 43.1 Å². The maximum absolute atomic E-state index is 9.51. The highest BCUT2D eigenvalue weighted by Gasteiger charge is 2.11. The van der Waals surface area contributed by atoms with Crippen LogP contribution < -0.4 is 20.9 Å². The van der Waals surface area contributed by atoms with Gasteiger partial charge in [-0.3, -0.25) is 0 Å². The van der Waals surface area contributed by atoms with Gasteiger partial charge in [0.2, 0.25) is 5.95 Å². The number of aliphatic hydroxyl groups excluding tert-OH is 1. The molecule has 0 unspecified atom stereocenters. The molecule has 0 radical (unpaired) electrons. The van der Waals surface area contributed by atoms with Crippen molar-refractivity contribution in [2.45, 2.75) is 6.61 Å². The Bertz CT molecular complexity index is 960. The van der Waals surface area contributed by atoms with Gasteiger partial charge >= 0.3 is 0 Å². The standard InChI is InChI=1S/C21H23ClN6O/c22-18-13-24-21(27-20(18)26-19-4-2-1-3-15(19)14-29)25-16-5-7-17(8-6-16)28-11-9-23-10-12-28/h1-8,13,23,29H,9-12,14H2,(H2,24,25,26,27). The second-order valence-corrected chi connectivity index (χ2v) is 7.15. The van der Waals surface area contributed by atoms with Gasteiger partial charge in [0.1, 0.15) is 5.02 Å². The Labute approximate surface area is 174 Å². The lowest BCUT2D eigenvalue weighted by molar-refractivity contribution is 0.282. The minimum absolute atomic E-state index is 0.0730. The number of piperazine rings is 1. The molecule has 4 N–H and O–H groups in total. The molecule has 3 aromatic rings. The molecule has 1 saturated heterocycles. The summed E-state index contributed by atoms with van der Waals surface area (Å²) in [5, 5.41) is 19.7. The first-order valence-electron chi connectivity index (χ1n) is 9.54. The van der Waals surface area contributed by atoms with Crippen LogP contribution in [0.1, 0.15) is 5.56 Å². The first kappa shape index (κ1) is 19.4. The maximum atomic E-state index is 9.51. The molecule has 1 fully saturated rings. The zero-order valence-electron chi connectivity index (χ0n) is 15.9. The lowest BCUT2D eigenvalue weighted by Crippen LogP contribution is -2.43. The first-order valence-corrected chi connectivity index (χ1v) is 9.92. The summed E-state index contributed by atoms with van der Waals surface area (Å²) in [5.41, 5.74) is 3.62. The van der Waals surface area contributed by atoms with E-state index in [1.54, 1.807) is 6.20 Å². The van der Waals surface area contributed by atoms with E-state index in [-0.39, 0.29) is 6.61 Å². The Morgan fingerprint density at radius 3 is 2.55 bits per heavy atom. The van der Waals surface area contributed by atoms with E-state index < -0.39 is 0 Å². The molecule has 7 nitrogen and oxygen atoms in total. The molecular formula is C21H23ClN6O. The van der Waals surface area contributed by atoms with Gasteiger partial charge in [-0.2, -0.15) is 4.98 Å². The van der Waals surface area contributed by atoms with Crippen molar-refractivity contribution >= 4 is 40.4 Å². The topological polar surface area (TPSA) is 85.3 Å². The second kappa shape index (κ2) is 9.09. The van der Waals surface area contributed by atoms with Crippen molar-refractivity contribution in [1.29, 1.82) is 0 Å². The zero-order valence-corrected chi connectivity index (χ0v) is 16.7. The number of nitrogens with zero attached hydrogens (tertiary/aromatic N) is 3. The van der Waals surface area contributed by atoms with Crippen LogP contribution in [-0.2, 0) is 6.61 Å². The summed E-state index contributed by atoms with van der Waals surface area (Å²) in [5.74, 6) is 0.913. The molecule has 0 amide bonds. The molecule has 29 heavy (non-hydrogen) atoms. The molecule has 4 rings (SSSR count). The third-order valence-electron chi connectivity index (χ3n) is 4.79. The number of aromatic nitrogens is 2. The Hall–Kier alpha value is -2.87. The number of rotatable bonds is 6. The van der Waals surface area contributed by atoms with Crippen LogP contribution in [0, 0.1) is 0 Å². The Kier molecular flexibility index (Phi) is 6.09. The van der Waals surface area contributed by atoms with Crippen LogP contribution in [0.5, 0.6) is 0 Å². The van der Waals surface area contributed by atoms with Gasteiger partial charge < -0.3 is 26.0 Å². The predicted octanol–water partition coefficient (Wildman–Crippen LogP) is 3.52. The van der Waals surface area contributed by atoms with Crippen LogP contribution in [0.4, 0.5) is 28.8 Å². The number of hydrogen-bond donors (Lipinski definition) is 4. The van der Waals surface area contributed by atoms with Crippen molar-refractivity contribution in [2.75, 3.05) is 41.7 Å². The number of hydrogen-bond acceptors (Lipinski definition) is 7. The van der Waals surface area contributed by atoms with Crippen LogP contribution in [0.2, 0.25) is 5.02 Å². The van der Waals surface area contributed by atoms with E-state index in [4.69, 9.17) is 11.6 Å². The molecule has 0 saturated carbocycles. The molecule has 8 heteroatoms. The zero-order chi connectivity index (χ0) is 20.1. The van der Waals surface area contributed by atoms with Gasteiger partial charge in [-0.25, -0.2) is 4.98 Å². The summed E-state index contributed by atoms with van der Waals surface area (Å²) in [4.78, 5) is 11.1. The predicted molar refractivity (Wildman–Crippen MR) is 117 cm³/mol. The third kappa shape index (κ3) is 4.76. The van der Waals surface area contributed by atoms with E-state index in [2.05, 4.69) is 43.0 Å². The molecule has 0 spiro atoms. The summed E-state index contributed by atoms with van der Waals surface area (Å²) in [7, 11) is 0. The summed E-state index contributed by atoms with van der Waals surface area (Å²) < 4.78 is 0. The largest absolute Gasteiger partial charge is 0.392 e. The van der Waals surface area contributed by atoms with Gasteiger partial charge in [-0.05, 0) is 30.3 Å². The number of para-hydroxylation sites is 1. The van der Waals surface area contributed by atoms with Crippen molar-refractivity contribution in [2.24, 2.45) is 0 Å². The molecule has 0 aliphatic carbocycles. The molecule has 2 aromatic carbocycles. The summed E-state index contributed by atoms with van der Waals surface area (Å²) >= 11 is 6.26. The smallest absolute Gasteiger partial charge is 0.229 e. The summed E-state index contributed by atoms with van der Waals surface area (Å²) in [6.07, 6.45) is 1.55. The summed E-state index contributed by atoms with van der Waals surface area (Å²) in [6.45, 7) is 3.97. The molecule has 1 aromatic heterocycles. The molecule has 1 aliphatic heterocycles. The normalized spacial score (nSPS) is 13.9. The Balaban J connectivity index is 1.48. The molecular weight excluding hydrogens is 388 g/mol. The van der Waals surface area contributed by atoms with Gasteiger partial charge in [0, 0.05) is 48.8 Å².